The molecule has 2 rings (SSSR count). The van der Waals surface area contributed by atoms with Gasteiger partial charge in [0, 0.05) is 7.11 Å². The molecule has 1 aliphatic rings. The molecule has 1 aromatic rings. The molecular formula is C14H21NO2. The van der Waals surface area contributed by atoms with E-state index in [2.05, 4.69) is 29.1 Å². The quantitative estimate of drug-likeness (QED) is 0.737. The van der Waals surface area contributed by atoms with Crippen molar-refractivity contribution in [3.8, 4) is 0 Å². The van der Waals surface area contributed by atoms with Crippen LogP contribution in [0.2, 0.25) is 0 Å². The van der Waals surface area contributed by atoms with Crippen molar-refractivity contribution in [2.75, 3.05) is 13.7 Å². The Labute approximate surface area is 103 Å². The van der Waals surface area contributed by atoms with E-state index >= 15 is 0 Å². The maximum atomic E-state index is 5.52. The summed E-state index contributed by atoms with van der Waals surface area (Å²) >= 11 is 0. The van der Waals surface area contributed by atoms with Gasteiger partial charge in [0.25, 0.3) is 0 Å². The molecule has 1 saturated carbocycles. The summed E-state index contributed by atoms with van der Waals surface area (Å²) in [5.74, 6) is 5.01. The Morgan fingerprint density at radius 1 is 1.12 bits per heavy atom. The van der Waals surface area contributed by atoms with E-state index in [4.69, 9.17) is 10.6 Å². The number of benzene rings is 1. The molecule has 3 heteroatoms. The highest BCUT2D eigenvalue weighted by molar-refractivity contribution is 5.23. The van der Waals surface area contributed by atoms with Crippen LogP contribution in [0.4, 0.5) is 0 Å². The van der Waals surface area contributed by atoms with Gasteiger partial charge in [-0.15, -0.1) is 0 Å². The van der Waals surface area contributed by atoms with E-state index < -0.39 is 0 Å². The van der Waals surface area contributed by atoms with Gasteiger partial charge in [0.2, 0.25) is 0 Å². The van der Waals surface area contributed by atoms with Crippen molar-refractivity contribution in [3.05, 3.63) is 35.4 Å². The van der Waals surface area contributed by atoms with E-state index in [1.807, 2.05) is 7.11 Å². The number of methoxy groups -OCH3 is 1. The number of rotatable bonds is 7. The minimum Gasteiger partial charge on any atom is -0.378 e. The van der Waals surface area contributed by atoms with E-state index in [-0.39, 0.29) is 5.60 Å². The van der Waals surface area contributed by atoms with Gasteiger partial charge in [-0.1, -0.05) is 24.3 Å². The fourth-order valence-electron chi connectivity index (χ4n) is 2.12. The van der Waals surface area contributed by atoms with Gasteiger partial charge in [0.1, 0.15) is 0 Å². The van der Waals surface area contributed by atoms with E-state index in [1.54, 1.807) is 0 Å². The first-order valence-corrected chi connectivity index (χ1v) is 6.23. The van der Waals surface area contributed by atoms with Crippen LogP contribution in [0.1, 0.15) is 30.4 Å². The van der Waals surface area contributed by atoms with Gasteiger partial charge in [-0.2, -0.15) is 0 Å². The molecule has 1 fully saturated rings. The van der Waals surface area contributed by atoms with E-state index in [0.29, 0.717) is 6.61 Å². The number of ether oxygens (including phenoxy) is 1. The summed E-state index contributed by atoms with van der Waals surface area (Å²) in [6.45, 7) is 0.576. The van der Waals surface area contributed by atoms with Crippen LogP contribution < -0.4 is 5.90 Å². The molecule has 0 unspecified atom stereocenters. The van der Waals surface area contributed by atoms with Crippen LogP contribution in [0.3, 0.4) is 0 Å². The number of aryl methyl sites for hydroxylation is 1. The van der Waals surface area contributed by atoms with Gasteiger partial charge >= 0.3 is 0 Å². The minimum absolute atomic E-state index is 0.200. The van der Waals surface area contributed by atoms with Crippen molar-refractivity contribution in [2.45, 2.75) is 37.7 Å². The SMILES string of the molecule is COC1(CCc2ccc(CCON)cc2)CC1. The third kappa shape index (κ3) is 3.53. The van der Waals surface area contributed by atoms with Crippen LogP contribution in [0, 0.1) is 0 Å². The predicted molar refractivity (Wildman–Crippen MR) is 67.6 cm³/mol. The Kier molecular flexibility index (Phi) is 4.15. The maximum absolute atomic E-state index is 5.52. The first-order chi connectivity index (χ1) is 8.28. The molecule has 17 heavy (non-hydrogen) atoms. The molecule has 1 aliphatic carbocycles. The normalized spacial score (nSPS) is 17.1. The van der Waals surface area contributed by atoms with Crippen molar-refractivity contribution < 1.29 is 9.57 Å². The second-order valence-corrected chi connectivity index (χ2v) is 4.82. The van der Waals surface area contributed by atoms with Crippen LogP contribution in [-0.4, -0.2) is 19.3 Å². The first kappa shape index (κ1) is 12.6. The molecule has 2 N–H and O–H groups in total. The van der Waals surface area contributed by atoms with Crippen LogP contribution in [0.5, 0.6) is 0 Å². The number of hydrogen-bond acceptors (Lipinski definition) is 3. The topological polar surface area (TPSA) is 44.5 Å². The molecule has 0 aromatic heterocycles. The Morgan fingerprint density at radius 2 is 1.71 bits per heavy atom. The predicted octanol–water partition coefficient (Wildman–Crippen LogP) is 2.23. The van der Waals surface area contributed by atoms with Gasteiger partial charge < -0.3 is 9.57 Å². The summed E-state index contributed by atoms with van der Waals surface area (Å²) in [4.78, 5) is 4.57. The molecule has 3 nitrogen and oxygen atoms in total. The van der Waals surface area contributed by atoms with Gasteiger partial charge in [0.05, 0.1) is 12.2 Å². The van der Waals surface area contributed by atoms with Crippen LogP contribution in [0.15, 0.2) is 24.3 Å². The molecule has 0 spiro atoms. The van der Waals surface area contributed by atoms with Gasteiger partial charge in [-0.05, 0) is 43.2 Å². The summed E-state index contributed by atoms with van der Waals surface area (Å²) in [6.07, 6.45) is 5.54. The Balaban J connectivity index is 1.81. The largest absolute Gasteiger partial charge is 0.378 e. The maximum Gasteiger partial charge on any atom is 0.0719 e. The first-order valence-electron chi connectivity index (χ1n) is 6.23. The third-order valence-corrected chi connectivity index (χ3v) is 3.64. The van der Waals surface area contributed by atoms with E-state index in [9.17, 15) is 0 Å². The highest BCUT2D eigenvalue weighted by Crippen LogP contribution is 2.42. The molecule has 0 radical (unpaired) electrons. The lowest BCUT2D eigenvalue weighted by atomic mass is 10.0. The van der Waals surface area contributed by atoms with Crippen molar-refractivity contribution in [2.24, 2.45) is 5.90 Å². The van der Waals surface area contributed by atoms with Gasteiger partial charge in [-0.3, -0.25) is 0 Å². The van der Waals surface area contributed by atoms with E-state index in [1.165, 1.54) is 24.0 Å². The summed E-state index contributed by atoms with van der Waals surface area (Å²) in [5, 5.41) is 0. The lowest BCUT2D eigenvalue weighted by Crippen LogP contribution is -2.12. The fraction of sp³-hybridized carbons (Fsp3) is 0.571. The minimum atomic E-state index is 0.200. The van der Waals surface area contributed by atoms with Crippen molar-refractivity contribution in [1.29, 1.82) is 0 Å². The summed E-state index contributed by atoms with van der Waals surface area (Å²) in [5.41, 5.74) is 2.85. The van der Waals surface area contributed by atoms with Crippen molar-refractivity contribution in [3.63, 3.8) is 0 Å². The Hall–Kier alpha value is -0.900. The lowest BCUT2D eigenvalue weighted by Gasteiger charge is -2.12. The average molecular weight is 235 g/mol. The zero-order valence-electron chi connectivity index (χ0n) is 10.4. The molecule has 0 amide bonds. The zero-order valence-corrected chi connectivity index (χ0v) is 10.4. The summed E-state index contributed by atoms with van der Waals surface area (Å²) in [6, 6.07) is 8.69. The average Bonchev–Trinajstić information content (AvgIpc) is 3.16. The van der Waals surface area contributed by atoms with Crippen LogP contribution in [-0.2, 0) is 22.4 Å². The molecule has 0 bridgehead atoms. The molecule has 0 atom stereocenters. The second kappa shape index (κ2) is 5.63. The monoisotopic (exact) mass is 235 g/mol. The smallest absolute Gasteiger partial charge is 0.0719 e. The summed E-state index contributed by atoms with van der Waals surface area (Å²) < 4.78 is 5.52. The van der Waals surface area contributed by atoms with Crippen molar-refractivity contribution in [1.82, 2.24) is 0 Å². The zero-order chi connectivity index (χ0) is 12.1. The molecule has 94 valence electrons. The molecule has 0 aliphatic heterocycles. The molecular weight excluding hydrogens is 214 g/mol. The number of nitrogens with two attached hydrogens (primary N) is 1. The molecule has 0 saturated heterocycles. The third-order valence-electron chi connectivity index (χ3n) is 3.64. The fourth-order valence-corrected chi connectivity index (χ4v) is 2.12. The van der Waals surface area contributed by atoms with Crippen LogP contribution >= 0.6 is 0 Å². The molecule has 1 aromatic carbocycles. The summed E-state index contributed by atoms with van der Waals surface area (Å²) in [7, 11) is 1.82. The Morgan fingerprint density at radius 3 is 2.18 bits per heavy atom. The van der Waals surface area contributed by atoms with Crippen molar-refractivity contribution >= 4 is 0 Å². The highest BCUT2D eigenvalue weighted by atomic mass is 16.6. The van der Waals surface area contributed by atoms with Crippen LogP contribution in [0.25, 0.3) is 0 Å². The molecule has 0 heterocycles. The number of hydrogen-bond donors (Lipinski definition) is 1. The second-order valence-electron chi connectivity index (χ2n) is 4.82. The van der Waals surface area contributed by atoms with E-state index in [0.717, 1.165) is 19.3 Å². The Bertz CT molecular complexity index is 344. The standard InChI is InChI=1S/C14H21NO2/c1-16-14(9-10-14)8-6-12-2-4-13(5-3-12)7-11-17-15/h2-5H,6-11,15H2,1H3. The lowest BCUT2D eigenvalue weighted by molar-refractivity contribution is 0.0731. The van der Waals surface area contributed by atoms with Gasteiger partial charge in [0.15, 0.2) is 0 Å². The van der Waals surface area contributed by atoms with Gasteiger partial charge in [-0.25, -0.2) is 5.90 Å². The highest BCUT2D eigenvalue weighted by Gasteiger charge is 2.42.